The van der Waals surface area contributed by atoms with Crippen LogP contribution in [-0.2, 0) is 4.43 Å². The van der Waals surface area contributed by atoms with Gasteiger partial charge in [0.15, 0.2) is 9.76 Å². The summed E-state index contributed by atoms with van der Waals surface area (Å²) in [6.07, 6.45) is 4.79. The average Bonchev–Trinajstić information content (AvgIpc) is 2.14. The first-order chi connectivity index (χ1) is 7.21. The van der Waals surface area contributed by atoms with E-state index in [0.717, 1.165) is 19.3 Å². The third-order valence-electron chi connectivity index (χ3n) is 2.98. The maximum Gasteiger partial charge on any atom is 0.168 e. The highest BCUT2D eigenvalue weighted by molar-refractivity contribution is 6.31. The van der Waals surface area contributed by atoms with Crippen molar-refractivity contribution in [1.29, 1.82) is 0 Å². The van der Waals surface area contributed by atoms with Gasteiger partial charge >= 0.3 is 0 Å². The number of aliphatic hydroxyl groups is 1. The molecule has 0 spiro atoms. The average molecular weight is 242 g/mol. The van der Waals surface area contributed by atoms with Gasteiger partial charge in [-0.15, -0.1) is 0 Å². The van der Waals surface area contributed by atoms with Crippen LogP contribution in [-0.4, -0.2) is 26.6 Å². The van der Waals surface area contributed by atoms with Gasteiger partial charge in [0, 0.05) is 0 Å². The summed E-state index contributed by atoms with van der Waals surface area (Å²) in [5.74, 6) is 0. The summed E-state index contributed by atoms with van der Waals surface area (Å²) < 4.78 is 6.14. The summed E-state index contributed by atoms with van der Waals surface area (Å²) in [5, 5.41) is 9.97. The van der Waals surface area contributed by atoms with E-state index in [1.165, 1.54) is 5.57 Å². The van der Waals surface area contributed by atoms with Gasteiger partial charge in [0.05, 0.1) is 11.7 Å². The summed E-state index contributed by atoms with van der Waals surface area (Å²) in [7, 11) is -0.539. The molecule has 1 unspecified atom stereocenters. The molecule has 0 aliphatic heterocycles. The van der Waals surface area contributed by atoms with Gasteiger partial charge in [0.25, 0.3) is 0 Å². The largest absolute Gasteiger partial charge is 0.415 e. The molecule has 0 heterocycles. The minimum absolute atomic E-state index is 0.180. The Morgan fingerprint density at radius 2 is 1.94 bits per heavy atom. The van der Waals surface area contributed by atoms with Crippen LogP contribution in [0.3, 0.4) is 0 Å². The van der Waals surface area contributed by atoms with Crippen molar-refractivity contribution in [3.05, 3.63) is 11.6 Å². The normalized spacial score (nSPS) is 23.9. The molecule has 1 atom stereocenters. The van der Waals surface area contributed by atoms with Crippen molar-refractivity contribution < 1.29 is 9.53 Å². The van der Waals surface area contributed by atoms with Crippen LogP contribution in [0.5, 0.6) is 0 Å². The van der Waals surface area contributed by atoms with Gasteiger partial charge in [0.1, 0.15) is 0 Å². The van der Waals surface area contributed by atoms with E-state index >= 15 is 0 Å². The predicted octanol–water partition coefficient (Wildman–Crippen LogP) is 2.56. The molecule has 2 nitrogen and oxygen atoms in total. The van der Waals surface area contributed by atoms with Crippen LogP contribution in [0, 0.1) is 0 Å². The second kappa shape index (κ2) is 5.03. The Bertz CT molecular complexity index is 264. The van der Waals surface area contributed by atoms with Crippen LogP contribution in [0.2, 0.25) is 5.04 Å². The topological polar surface area (TPSA) is 29.5 Å². The van der Waals surface area contributed by atoms with Crippen molar-refractivity contribution in [1.82, 2.24) is 0 Å². The van der Waals surface area contributed by atoms with Crippen LogP contribution < -0.4 is 0 Å². The van der Waals surface area contributed by atoms with E-state index in [-0.39, 0.29) is 11.7 Å². The molecular formula is C13H26O2Si. The summed E-state index contributed by atoms with van der Waals surface area (Å²) in [4.78, 5) is 0. The zero-order valence-corrected chi connectivity index (χ0v) is 12.8. The van der Waals surface area contributed by atoms with Crippen molar-refractivity contribution in [2.24, 2.45) is 0 Å². The fourth-order valence-electron chi connectivity index (χ4n) is 1.89. The monoisotopic (exact) mass is 242 g/mol. The second-order valence-corrected chi connectivity index (χ2v) is 9.21. The van der Waals surface area contributed by atoms with E-state index in [1.54, 1.807) is 0 Å². The quantitative estimate of drug-likeness (QED) is 0.609. The molecule has 16 heavy (non-hydrogen) atoms. The Balaban J connectivity index is 2.62. The molecule has 0 saturated carbocycles. The van der Waals surface area contributed by atoms with Crippen LogP contribution >= 0.6 is 0 Å². The van der Waals surface area contributed by atoms with Gasteiger partial charge in [-0.25, -0.2) is 0 Å². The molecule has 0 saturated heterocycles. The Labute approximate surface area is 102 Å². The molecule has 1 N–H and O–H groups in total. The first kappa shape index (κ1) is 13.9. The van der Waals surface area contributed by atoms with Crippen LogP contribution in [0.25, 0.3) is 0 Å². The van der Waals surface area contributed by atoms with Gasteiger partial charge in [0.2, 0.25) is 0 Å². The molecule has 1 aliphatic carbocycles. The Morgan fingerprint density at radius 3 is 2.44 bits per heavy atom. The van der Waals surface area contributed by atoms with E-state index in [9.17, 15) is 5.11 Å². The SMILES string of the molecule is CC(C)(C)[SiH2]OC(C)(C)C1=CC(O)CCC1. The van der Waals surface area contributed by atoms with Gasteiger partial charge < -0.3 is 9.53 Å². The molecule has 1 aliphatic rings. The summed E-state index contributed by atoms with van der Waals surface area (Å²) >= 11 is 0. The van der Waals surface area contributed by atoms with Crippen LogP contribution in [0.1, 0.15) is 53.9 Å². The van der Waals surface area contributed by atoms with E-state index < -0.39 is 9.76 Å². The number of hydrogen-bond donors (Lipinski definition) is 1. The Hall–Kier alpha value is -0.123. The van der Waals surface area contributed by atoms with Crippen LogP contribution in [0.15, 0.2) is 11.6 Å². The second-order valence-electron chi connectivity index (χ2n) is 6.51. The molecule has 0 fully saturated rings. The molecule has 0 aromatic rings. The first-order valence-corrected chi connectivity index (χ1v) is 7.52. The highest BCUT2D eigenvalue weighted by Crippen LogP contribution is 2.32. The van der Waals surface area contributed by atoms with E-state index in [4.69, 9.17) is 4.43 Å². The van der Waals surface area contributed by atoms with Crippen LogP contribution in [0.4, 0.5) is 0 Å². The van der Waals surface area contributed by atoms with E-state index in [1.807, 2.05) is 6.08 Å². The lowest BCUT2D eigenvalue weighted by atomic mass is 9.87. The minimum Gasteiger partial charge on any atom is -0.415 e. The zero-order valence-electron chi connectivity index (χ0n) is 11.3. The molecule has 0 aromatic carbocycles. The van der Waals surface area contributed by atoms with Gasteiger partial charge in [-0.2, -0.15) is 0 Å². The lowest BCUT2D eigenvalue weighted by Gasteiger charge is -2.34. The maximum absolute atomic E-state index is 9.65. The molecule has 0 bridgehead atoms. The number of hydrogen-bond acceptors (Lipinski definition) is 2. The molecule has 3 heteroatoms. The van der Waals surface area contributed by atoms with Gasteiger partial charge in [-0.1, -0.05) is 26.8 Å². The third-order valence-corrected chi connectivity index (χ3v) is 4.71. The first-order valence-electron chi connectivity index (χ1n) is 6.24. The van der Waals surface area contributed by atoms with Crippen molar-refractivity contribution in [3.63, 3.8) is 0 Å². The van der Waals surface area contributed by atoms with Crippen molar-refractivity contribution >= 4 is 9.76 Å². The molecule has 94 valence electrons. The van der Waals surface area contributed by atoms with E-state index in [2.05, 4.69) is 34.6 Å². The summed E-state index contributed by atoms with van der Waals surface area (Å²) in [6.45, 7) is 11.0. The maximum atomic E-state index is 9.65. The smallest absolute Gasteiger partial charge is 0.168 e. The predicted molar refractivity (Wildman–Crippen MR) is 71.4 cm³/mol. The lowest BCUT2D eigenvalue weighted by Crippen LogP contribution is -2.33. The zero-order chi connectivity index (χ0) is 12.4. The molecule has 0 radical (unpaired) electrons. The Kier molecular flexibility index (Phi) is 4.38. The van der Waals surface area contributed by atoms with E-state index in [0.29, 0.717) is 5.04 Å². The highest BCUT2D eigenvalue weighted by atomic mass is 28.2. The lowest BCUT2D eigenvalue weighted by molar-refractivity contribution is 0.131. The minimum atomic E-state index is -0.539. The molecule has 0 amide bonds. The fraction of sp³-hybridized carbons (Fsp3) is 0.846. The van der Waals surface area contributed by atoms with Crippen molar-refractivity contribution in [2.75, 3.05) is 0 Å². The highest BCUT2D eigenvalue weighted by Gasteiger charge is 2.28. The number of rotatable bonds is 3. The summed E-state index contributed by atoms with van der Waals surface area (Å²) in [6, 6.07) is 0. The van der Waals surface area contributed by atoms with Gasteiger partial charge in [-0.3, -0.25) is 0 Å². The standard InChI is InChI=1S/C13H26O2Si/c1-12(2,3)16-15-13(4,5)10-7-6-8-11(14)9-10/h9,11,14H,6-8,16H2,1-5H3. The van der Waals surface area contributed by atoms with Crippen molar-refractivity contribution in [3.8, 4) is 0 Å². The fourth-order valence-corrected chi connectivity index (χ4v) is 2.87. The van der Waals surface area contributed by atoms with Gasteiger partial charge in [-0.05, 0) is 43.7 Å². The van der Waals surface area contributed by atoms with Crippen molar-refractivity contribution in [2.45, 2.75) is 70.6 Å². The third kappa shape index (κ3) is 4.40. The molecular weight excluding hydrogens is 216 g/mol. The molecule has 1 rings (SSSR count). The number of aliphatic hydroxyl groups excluding tert-OH is 1. The Morgan fingerprint density at radius 1 is 1.31 bits per heavy atom. The molecule has 0 aromatic heterocycles. The summed E-state index contributed by atoms with van der Waals surface area (Å²) in [5.41, 5.74) is 1.10.